The molecule has 1 amide bonds. The highest BCUT2D eigenvalue weighted by molar-refractivity contribution is 7.89. The summed E-state index contributed by atoms with van der Waals surface area (Å²) in [5.74, 6) is -0.144. The predicted octanol–water partition coefficient (Wildman–Crippen LogP) is 4.19. The molecule has 0 bridgehead atoms. The molecule has 6 rings (SSSR count). The standard InChI is InChI=1S/C27H24N4O3S/c1-30(2)35(33,34)21-10-6-9-19(15-21)20-11-12-22-24(16-20)31-25(26(32)28-27(22)13-14-27)17-23(29-31)18-7-4-3-5-8-18/h3-12,15-17H,13-14H2,1-2H3,(H,28,32). The summed E-state index contributed by atoms with van der Waals surface area (Å²) in [6.07, 6.45) is 1.75. The largest absolute Gasteiger partial charge is 0.341 e. The van der Waals surface area contributed by atoms with Crippen LogP contribution in [0.1, 0.15) is 28.9 Å². The molecule has 1 fully saturated rings. The molecule has 1 aliphatic heterocycles. The summed E-state index contributed by atoms with van der Waals surface area (Å²) in [6, 6.07) is 24.5. The molecule has 0 saturated heterocycles. The Labute approximate surface area is 204 Å². The van der Waals surface area contributed by atoms with Crippen LogP contribution in [0.3, 0.4) is 0 Å². The van der Waals surface area contributed by atoms with E-state index in [2.05, 4.69) is 5.32 Å². The van der Waals surface area contributed by atoms with Crippen LogP contribution < -0.4 is 5.32 Å². The second-order valence-electron chi connectivity index (χ2n) is 9.28. The van der Waals surface area contributed by atoms with Gasteiger partial charge in [0.2, 0.25) is 10.0 Å². The van der Waals surface area contributed by atoms with Gasteiger partial charge >= 0.3 is 0 Å². The number of nitrogens with one attached hydrogen (secondary N) is 1. The molecule has 0 atom stereocenters. The van der Waals surface area contributed by atoms with Gasteiger partial charge in [0.05, 0.1) is 21.8 Å². The van der Waals surface area contributed by atoms with Gasteiger partial charge in [-0.25, -0.2) is 17.4 Å². The quantitative estimate of drug-likeness (QED) is 0.471. The Morgan fingerprint density at radius 3 is 2.31 bits per heavy atom. The monoisotopic (exact) mass is 484 g/mol. The maximum Gasteiger partial charge on any atom is 0.270 e. The summed E-state index contributed by atoms with van der Waals surface area (Å²) in [5, 5.41) is 8.06. The first-order valence-electron chi connectivity index (χ1n) is 11.4. The number of nitrogens with zero attached hydrogens (tertiary/aromatic N) is 3. The highest BCUT2D eigenvalue weighted by Gasteiger charge is 2.49. The van der Waals surface area contributed by atoms with E-state index in [1.807, 2.05) is 60.7 Å². The van der Waals surface area contributed by atoms with E-state index in [1.165, 1.54) is 18.4 Å². The third kappa shape index (κ3) is 3.48. The molecule has 1 N–H and O–H groups in total. The van der Waals surface area contributed by atoms with E-state index in [4.69, 9.17) is 5.10 Å². The summed E-state index contributed by atoms with van der Waals surface area (Å²) in [5.41, 5.74) is 5.24. The maximum atomic E-state index is 13.2. The van der Waals surface area contributed by atoms with Gasteiger partial charge < -0.3 is 5.32 Å². The number of carbonyl (C=O) groups excluding carboxylic acids is 1. The third-order valence-electron chi connectivity index (χ3n) is 6.80. The van der Waals surface area contributed by atoms with Crippen molar-refractivity contribution in [2.75, 3.05) is 14.1 Å². The lowest BCUT2D eigenvalue weighted by Crippen LogP contribution is -2.33. The van der Waals surface area contributed by atoms with Crippen LogP contribution in [-0.4, -0.2) is 42.5 Å². The van der Waals surface area contributed by atoms with Gasteiger partial charge in [-0.05, 0) is 48.2 Å². The van der Waals surface area contributed by atoms with Crippen molar-refractivity contribution in [1.82, 2.24) is 19.4 Å². The van der Waals surface area contributed by atoms with Gasteiger partial charge in [-0.3, -0.25) is 4.79 Å². The van der Waals surface area contributed by atoms with Crippen LogP contribution in [0.5, 0.6) is 0 Å². The fraction of sp³-hybridized carbons (Fsp3) is 0.185. The molecule has 2 heterocycles. The van der Waals surface area contributed by atoms with Gasteiger partial charge in [0.25, 0.3) is 5.91 Å². The minimum Gasteiger partial charge on any atom is -0.341 e. The molecule has 7 nitrogen and oxygen atoms in total. The topological polar surface area (TPSA) is 84.3 Å². The lowest BCUT2D eigenvalue weighted by Gasteiger charge is -2.18. The minimum absolute atomic E-state index is 0.144. The van der Waals surface area contributed by atoms with Gasteiger partial charge in [0, 0.05) is 25.2 Å². The maximum absolute atomic E-state index is 13.2. The Balaban J connectivity index is 1.53. The summed E-state index contributed by atoms with van der Waals surface area (Å²) < 4.78 is 28.3. The zero-order chi connectivity index (χ0) is 24.4. The van der Waals surface area contributed by atoms with Crippen molar-refractivity contribution in [2.45, 2.75) is 23.3 Å². The van der Waals surface area contributed by atoms with Gasteiger partial charge in [-0.1, -0.05) is 54.6 Å². The molecule has 1 saturated carbocycles. The Hall–Kier alpha value is -3.75. The van der Waals surface area contributed by atoms with E-state index >= 15 is 0 Å². The fourth-order valence-electron chi connectivity index (χ4n) is 4.68. The Kier molecular flexibility index (Phi) is 4.74. The second kappa shape index (κ2) is 7.63. The smallest absolute Gasteiger partial charge is 0.270 e. The van der Waals surface area contributed by atoms with Crippen molar-refractivity contribution in [3.05, 3.63) is 90.1 Å². The number of rotatable bonds is 4. The number of aromatic nitrogens is 2. The summed E-state index contributed by atoms with van der Waals surface area (Å²) >= 11 is 0. The van der Waals surface area contributed by atoms with E-state index < -0.39 is 10.0 Å². The van der Waals surface area contributed by atoms with Crippen LogP contribution in [0, 0.1) is 0 Å². The molecule has 35 heavy (non-hydrogen) atoms. The Morgan fingerprint density at radius 2 is 1.60 bits per heavy atom. The SMILES string of the molecule is CN(C)S(=O)(=O)c1cccc(-c2ccc3c(c2)-n2nc(-c4ccccc4)cc2C(=O)NC32CC2)c1. The number of sulfonamides is 1. The van der Waals surface area contributed by atoms with Crippen molar-refractivity contribution in [3.63, 3.8) is 0 Å². The molecule has 4 aromatic rings. The normalized spacial score (nSPS) is 15.9. The summed E-state index contributed by atoms with van der Waals surface area (Å²) in [7, 11) is -0.519. The lowest BCUT2D eigenvalue weighted by atomic mass is 9.97. The molecule has 8 heteroatoms. The van der Waals surface area contributed by atoms with Crippen molar-refractivity contribution in [3.8, 4) is 28.1 Å². The minimum atomic E-state index is -3.56. The lowest BCUT2D eigenvalue weighted by molar-refractivity contribution is 0.0927. The molecule has 0 radical (unpaired) electrons. The predicted molar refractivity (Wildman–Crippen MR) is 134 cm³/mol. The van der Waals surface area contributed by atoms with E-state index in [0.717, 1.165) is 46.5 Å². The van der Waals surface area contributed by atoms with E-state index in [-0.39, 0.29) is 16.3 Å². The fourth-order valence-corrected chi connectivity index (χ4v) is 5.63. The Morgan fingerprint density at radius 1 is 0.886 bits per heavy atom. The number of hydrogen-bond acceptors (Lipinski definition) is 4. The van der Waals surface area contributed by atoms with E-state index in [9.17, 15) is 13.2 Å². The van der Waals surface area contributed by atoms with Crippen LogP contribution >= 0.6 is 0 Å². The number of carbonyl (C=O) groups is 1. The zero-order valence-electron chi connectivity index (χ0n) is 19.4. The van der Waals surface area contributed by atoms with Crippen molar-refractivity contribution in [2.24, 2.45) is 0 Å². The van der Waals surface area contributed by atoms with Gasteiger partial charge in [-0.2, -0.15) is 5.10 Å². The molecule has 1 aromatic heterocycles. The van der Waals surface area contributed by atoms with Crippen molar-refractivity contribution >= 4 is 15.9 Å². The average Bonchev–Trinajstić information content (AvgIpc) is 3.52. The summed E-state index contributed by atoms with van der Waals surface area (Å²) in [4.78, 5) is 13.4. The van der Waals surface area contributed by atoms with E-state index in [1.54, 1.807) is 22.9 Å². The van der Waals surface area contributed by atoms with Crippen molar-refractivity contribution in [1.29, 1.82) is 0 Å². The average molecular weight is 485 g/mol. The zero-order valence-corrected chi connectivity index (χ0v) is 20.2. The second-order valence-corrected chi connectivity index (χ2v) is 11.4. The molecule has 3 aromatic carbocycles. The molecule has 1 spiro atoms. The van der Waals surface area contributed by atoms with Crippen LogP contribution in [0.15, 0.2) is 83.8 Å². The molecule has 176 valence electrons. The van der Waals surface area contributed by atoms with Crippen LogP contribution in [0.2, 0.25) is 0 Å². The molecule has 2 aliphatic rings. The molecule has 1 aliphatic carbocycles. The molecular formula is C27H24N4O3S. The van der Waals surface area contributed by atoms with Crippen LogP contribution in [0.4, 0.5) is 0 Å². The third-order valence-corrected chi connectivity index (χ3v) is 8.61. The number of benzene rings is 3. The van der Waals surface area contributed by atoms with Crippen LogP contribution in [-0.2, 0) is 15.6 Å². The summed E-state index contributed by atoms with van der Waals surface area (Å²) in [6.45, 7) is 0. The highest BCUT2D eigenvalue weighted by atomic mass is 32.2. The van der Waals surface area contributed by atoms with E-state index in [0.29, 0.717) is 5.69 Å². The molecule has 0 unspecified atom stereocenters. The number of hydrogen-bond donors (Lipinski definition) is 1. The number of amides is 1. The molecular weight excluding hydrogens is 460 g/mol. The van der Waals surface area contributed by atoms with Gasteiger partial charge in [0.15, 0.2) is 0 Å². The first kappa shape index (κ1) is 21.8. The van der Waals surface area contributed by atoms with Crippen molar-refractivity contribution < 1.29 is 13.2 Å². The number of fused-ring (bicyclic) bond motifs is 4. The first-order chi connectivity index (χ1) is 16.8. The van der Waals surface area contributed by atoms with Gasteiger partial charge in [-0.15, -0.1) is 0 Å². The first-order valence-corrected chi connectivity index (χ1v) is 12.9. The highest BCUT2D eigenvalue weighted by Crippen LogP contribution is 2.50. The Bertz CT molecular complexity index is 1590. The van der Waals surface area contributed by atoms with Gasteiger partial charge in [0.1, 0.15) is 5.69 Å². The van der Waals surface area contributed by atoms with Crippen LogP contribution in [0.25, 0.3) is 28.1 Å².